The Hall–Kier alpha value is -2.40. The summed E-state index contributed by atoms with van der Waals surface area (Å²) in [6, 6.07) is 10.8. The van der Waals surface area contributed by atoms with E-state index < -0.39 is 5.92 Å². The first-order valence-corrected chi connectivity index (χ1v) is 8.70. The second kappa shape index (κ2) is 7.66. The van der Waals surface area contributed by atoms with E-state index in [0.29, 0.717) is 18.1 Å². The van der Waals surface area contributed by atoms with E-state index >= 15 is 0 Å². The Kier molecular flexibility index (Phi) is 5.34. The van der Waals surface area contributed by atoms with E-state index in [2.05, 4.69) is 10.3 Å². The van der Waals surface area contributed by atoms with Crippen LogP contribution in [0.25, 0.3) is 0 Å². The van der Waals surface area contributed by atoms with Crippen LogP contribution in [-0.4, -0.2) is 28.2 Å². The quantitative estimate of drug-likeness (QED) is 0.894. The molecule has 1 fully saturated rings. The van der Waals surface area contributed by atoms with Gasteiger partial charge in [0.05, 0.1) is 12.0 Å². The van der Waals surface area contributed by atoms with Crippen LogP contribution in [-0.2, 0) is 16.1 Å². The molecule has 3 rings (SSSR count). The number of rotatable bonds is 5. The van der Waals surface area contributed by atoms with Crippen molar-refractivity contribution in [2.45, 2.75) is 25.9 Å². The molecule has 2 atom stereocenters. The highest BCUT2D eigenvalue weighted by Gasteiger charge is 2.44. The van der Waals surface area contributed by atoms with Crippen LogP contribution in [0.2, 0.25) is 5.02 Å². The largest absolute Gasteiger partial charge is 0.352 e. The van der Waals surface area contributed by atoms with E-state index in [1.165, 1.54) is 0 Å². The van der Waals surface area contributed by atoms with E-state index in [1.54, 1.807) is 23.4 Å². The Bertz CT molecular complexity index is 766. The predicted octanol–water partition coefficient (Wildman–Crippen LogP) is 2.96. The molecule has 1 aliphatic rings. The first-order valence-electron chi connectivity index (χ1n) is 8.32. The Balaban J connectivity index is 1.81. The van der Waals surface area contributed by atoms with Crippen molar-refractivity contribution in [1.82, 2.24) is 15.2 Å². The highest BCUT2D eigenvalue weighted by atomic mass is 35.5. The van der Waals surface area contributed by atoms with E-state index in [-0.39, 0.29) is 24.3 Å². The van der Waals surface area contributed by atoms with Crippen LogP contribution in [0.4, 0.5) is 0 Å². The Labute approximate surface area is 152 Å². The topological polar surface area (TPSA) is 62.3 Å². The number of amides is 2. The van der Waals surface area contributed by atoms with Crippen LogP contribution >= 0.6 is 11.6 Å². The van der Waals surface area contributed by atoms with Crippen molar-refractivity contribution in [2.75, 3.05) is 6.54 Å². The third kappa shape index (κ3) is 3.66. The van der Waals surface area contributed by atoms with E-state index in [0.717, 1.165) is 11.1 Å². The molecule has 25 heavy (non-hydrogen) atoms. The van der Waals surface area contributed by atoms with Gasteiger partial charge in [-0.1, -0.05) is 29.8 Å². The van der Waals surface area contributed by atoms with Crippen molar-refractivity contribution >= 4 is 23.4 Å². The molecule has 0 unspecified atom stereocenters. The van der Waals surface area contributed by atoms with Gasteiger partial charge in [-0.05, 0) is 36.2 Å². The Morgan fingerprint density at radius 3 is 2.68 bits per heavy atom. The Morgan fingerprint density at radius 2 is 2.00 bits per heavy atom. The number of aromatic nitrogens is 1. The van der Waals surface area contributed by atoms with Crippen LogP contribution < -0.4 is 5.32 Å². The van der Waals surface area contributed by atoms with Gasteiger partial charge < -0.3 is 10.2 Å². The molecule has 5 nitrogen and oxygen atoms in total. The summed E-state index contributed by atoms with van der Waals surface area (Å²) in [4.78, 5) is 30.9. The summed E-state index contributed by atoms with van der Waals surface area (Å²) in [6.45, 7) is 2.87. The summed E-state index contributed by atoms with van der Waals surface area (Å²) in [6.07, 6.45) is 3.57. The fraction of sp³-hybridized carbons (Fsp3) is 0.316. The summed E-state index contributed by atoms with van der Waals surface area (Å²) < 4.78 is 0. The zero-order valence-corrected chi connectivity index (χ0v) is 14.7. The first kappa shape index (κ1) is 17.4. The molecule has 2 heterocycles. The minimum absolute atomic E-state index is 0.0171. The number of likely N-dealkylation sites (tertiary alicyclic amines) is 1. The molecule has 1 N–H and O–H groups in total. The molecule has 1 aromatic carbocycles. The molecule has 0 radical (unpaired) electrons. The lowest BCUT2D eigenvalue weighted by Gasteiger charge is -2.28. The molecule has 1 aliphatic heterocycles. The van der Waals surface area contributed by atoms with Crippen molar-refractivity contribution in [3.8, 4) is 0 Å². The number of halogens is 1. The monoisotopic (exact) mass is 357 g/mol. The van der Waals surface area contributed by atoms with Gasteiger partial charge in [-0.3, -0.25) is 14.6 Å². The smallest absolute Gasteiger partial charge is 0.226 e. The standard InChI is InChI=1S/C19H20ClN3O2/c1-2-23-17(24)11-15(18(23)14-5-3-4-6-16(14)20)19(25)22-12-13-7-9-21-10-8-13/h3-10,15,18H,2,11-12H2,1H3,(H,22,25)/t15-,18+/m1/s1. The van der Waals surface area contributed by atoms with Crippen molar-refractivity contribution in [2.24, 2.45) is 5.92 Å². The predicted molar refractivity (Wildman–Crippen MR) is 95.8 cm³/mol. The van der Waals surface area contributed by atoms with E-state index in [4.69, 9.17) is 11.6 Å². The minimum Gasteiger partial charge on any atom is -0.352 e. The van der Waals surface area contributed by atoms with Gasteiger partial charge in [-0.2, -0.15) is 0 Å². The van der Waals surface area contributed by atoms with Gasteiger partial charge in [0.25, 0.3) is 0 Å². The molecule has 2 amide bonds. The zero-order valence-electron chi connectivity index (χ0n) is 14.0. The molecule has 0 saturated carbocycles. The summed E-state index contributed by atoms with van der Waals surface area (Å²) >= 11 is 6.34. The molecule has 0 spiro atoms. The maximum Gasteiger partial charge on any atom is 0.226 e. The molecule has 1 aromatic heterocycles. The van der Waals surface area contributed by atoms with Crippen molar-refractivity contribution < 1.29 is 9.59 Å². The summed E-state index contributed by atoms with van der Waals surface area (Å²) in [5.74, 6) is -0.600. The van der Waals surface area contributed by atoms with Crippen LogP contribution in [0.3, 0.4) is 0 Å². The lowest BCUT2D eigenvalue weighted by atomic mass is 9.92. The van der Waals surface area contributed by atoms with Crippen molar-refractivity contribution in [3.05, 3.63) is 64.9 Å². The van der Waals surface area contributed by atoms with Crippen LogP contribution in [0.15, 0.2) is 48.8 Å². The van der Waals surface area contributed by atoms with Crippen LogP contribution in [0.5, 0.6) is 0 Å². The molecule has 6 heteroatoms. The lowest BCUT2D eigenvalue weighted by Crippen LogP contribution is -2.35. The van der Waals surface area contributed by atoms with Gasteiger partial charge in [-0.15, -0.1) is 0 Å². The van der Waals surface area contributed by atoms with Gasteiger partial charge in [-0.25, -0.2) is 0 Å². The number of hydrogen-bond acceptors (Lipinski definition) is 3. The second-order valence-electron chi connectivity index (χ2n) is 6.03. The van der Waals surface area contributed by atoms with Crippen molar-refractivity contribution in [1.29, 1.82) is 0 Å². The maximum absolute atomic E-state index is 12.8. The fourth-order valence-electron chi connectivity index (χ4n) is 3.32. The summed E-state index contributed by atoms with van der Waals surface area (Å²) in [5.41, 5.74) is 1.79. The average Bonchev–Trinajstić information content (AvgIpc) is 2.97. The second-order valence-corrected chi connectivity index (χ2v) is 6.44. The molecule has 1 saturated heterocycles. The lowest BCUT2D eigenvalue weighted by molar-refractivity contribution is -0.129. The molecule has 0 bridgehead atoms. The molecular formula is C19H20ClN3O2. The van der Waals surface area contributed by atoms with E-state index in [9.17, 15) is 9.59 Å². The number of nitrogens with zero attached hydrogens (tertiary/aromatic N) is 2. The number of hydrogen-bond donors (Lipinski definition) is 1. The van der Waals surface area contributed by atoms with Crippen LogP contribution in [0, 0.1) is 5.92 Å². The third-order valence-electron chi connectivity index (χ3n) is 4.55. The SMILES string of the molecule is CCN1C(=O)C[C@@H](C(=O)NCc2ccncc2)[C@@H]1c1ccccc1Cl. The average molecular weight is 358 g/mol. The fourth-order valence-corrected chi connectivity index (χ4v) is 3.57. The van der Waals surface area contributed by atoms with Crippen LogP contribution in [0.1, 0.15) is 30.5 Å². The van der Waals surface area contributed by atoms with Gasteiger partial charge in [0, 0.05) is 36.9 Å². The minimum atomic E-state index is -0.450. The van der Waals surface area contributed by atoms with Gasteiger partial charge in [0.1, 0.15) is 0 Å². The number of nitrogens with one attached hydrogen (secondary N) is 1. The third-order valence-corrected chi connectivity index (χ3v) is 4.89. The molecule has 2 aromatic rings. The van der Waals surface area contributed by atoms with Crippen molar-refractivity contribution in [3.63, 3.8) is 0 Å². The number of pyridine rings is 1. The number of carbonyl (C=O) groups is 2. The highest BCUT2D eigenvalue weighted by Crippen LogP contribution is 2.40. The van der Waals surface area contributed by atoms with E-state index in [1.807, 2.05) is 37.3 Å². The normalized spacial score (nSPS) is 19.9. The summed E-state index contributed by atoms with van der Waals surface area (Å²) in [5, 5.41) is 3.51. The van der Waals surface area contributed by atoms with Gasteiger partial charge in [0.15, 0.2) is 0 Å². The highest BCUT2D eigenvalue weighted by molar-refractivity contribution is 6.31. The van der Waals surface area contributed by atoms with Gasteiger partial charge in [0.2, 0.25) is 11.8 Å². The zero-order chi connectivity index (χ0) is 17.8. The molecule has 0 aliphatic carbocycles. The first-order chi connectivity index (χ1) is 12.1. The number of carbonyl (C=O) groups excluding carboxylic acids is 2. The van der Waals surface area contributed by atoms with Gasteiger partial charge >= 0.3 is 0 Å². The number of benzene rings is 1. The maximum atomic E-state index is 12.8. The molecular weight excluding hydrogens is 338 g/mol. The molecule has 130 valence electrons. The summed E-state index contributed by atoms with van der Waals surface area (Å²) in [7, 11) is 0. The Morgan fingerprint density at radius 1 is 1.28 bits per heavy atom.